The highest BCUT2D eigenvalue weighted by Crippen LogP contribution is 2.65. The van der Waals surface area contributed by atoms with Gasteiger partial charge in [0, 0.05) is 24.4 Å². The van der Waals surface area contributed by atoms with E-state index in [1.165, 1.54) is 30.3 Å². The van der Waals surface area contributed by atoms with Gasteiger partial charge in [0.05, 0.1) is 27.2 Å². The molecule has 0 aliphatic heterocycles. The van der Waals surface area contributed by atoms with Crippen molar-refractivity contribution >= 4 is 81.2 Å². The molecule has 0 radical (unpaired) electrons. The van der Waals surface area contributed by atoms with Crippen LogP contribution < -0.4 is 16.0 Å². The van der Waals surface area contributed by atoms with Gasteiger partial charge in [0.2, 0.25) is 17.7 Å². The van der Waals surface area contributed by atoms with Crippen molar-refractivity contribution in [1.82, 2.24) is 0 Å². The van der Waals surface area contributed by atoms with Crippen LogP contribution in [-0.2, 0) is 9.59 Å². The summed E-state index contributed by atoms with van der Waals surface area (Å²) >= 11 is 24.6. The lowest BCUT2D eigenvalue weighted by atomic mass is 10.1. The summed E-state index contributed by atoms with van der Waals surface area (Å²) < 4.78 is 67.4. The summed E-state index contributed by atoms with van der Waals surface area (Å²) in [5.41, 5.74) is -1.19. The largest absolute Gasteiger partial charge is 0.326 e. The third-order valence-corrected chi connectivity index (χ3v) is 8.07. The quantitative estimate of drug-likeness (QED) is 0.156. The zero-order valence-corrected chi connectivity index (χ0v) is 24.8. The molecule has 0 unspecified atom stereocenters. The molecule has 228 valence electrons. The second kappa shape index (κ2) is 12.5. The Kier molecular flexibility index (Phi) is 9.51. The van der Waals surface area contributed by atoms with Crippen LogP contribution in [0.4, 0.5) is 39.0 Å². The van der Waals surface area contributed by atoms with E-state index in [2.05, 4.69) is 10.6 Å². The van der Waals surface area contributed by atoms with E-state index in [1.54, 1.807) is 0 Å². The van der Waals surface area contributed by atoms with Crippen molar-refractivity contribution in [1.29, 1.82) is 0 Å². The van der Waals surface area contributed by atoms with Gasteiger partial charge >= 0.3 is 0 Å². The predicted octanol–water partition coefficient (Wildman–Crippen LogP) is 8.56. The molecule has 6 nitrogen and oxygen atoms in total. The molecule has 43 heavy (non-hydrogen) atoms. The molecule has 15 heteroatoms. The summed E-state index contributed by atoms with van der Waals surface area (Å²) in [5, 5.41) is 6.39. The summed E-state index contributed by atoms with van der Waals surface area (Å²) in [7, 11) is 0. The van der Waals surface area contributed by atoms with E-state index in [9.17, 15) is 31.9 Å². The molecular formula is C28H20Cl4F5N3O3. The van der Waals surface area contributed by atoms with E-state index in [-0.39, 0.29) is 21.3 Å². The van der Waals surface area contributed by atoms with E-state index < -0.39 is 81.5 Å². The average Bonchev–Trinajstić information content (AvgIpc) is 3.50. The second-order valence-corrected chi connectivity index (χ2v) is 12.1. The van der Waals surface area contributed by atoms with Gasteiger partial charge in [0.25, 0.3) is 5.91 Å². The third-order valence-electron chi connectivity index (χ3n) is 6.51. The van der Waals surface area contributed by atoms with Crippen LogP contribution in [0.2, 0.25) is 10.0 Å². The van der Waals surface area contributed by atoms with Gasteiger partial charge in [-0.05, 0) is 55.0 Å². The van der Waals surface area contributed by atoms with Gasteiger partial charge in [-0.3, -0.25) is 14.4 Å². The lowest BCUT2D eigenvalue weighted by Crippen LogP contribution is -2.20. The normalized spacial score (nSPS) is 17.3. The fraction of sp³-hybridized carbons (Fsp3) is 0.250. The zero-order chi connectivity index (χ0) is 31.9. The van der Waals surface area contributed by atoms with Crippen molar-refractivity contribution in [3.05, 3.63) is 87.2 Å². The number of amides is 3. The number of carbonyl (C=O) groups excluding carboxylic acids is 3. The van der Waals surface area contributed by atoms with Crippen LogP contribution in [0.15, 0.2) is 48.5 Å². The van der Waals surface area contributed by atoms with Crippen molar-refractivity contribution in [3.8, 4) is 0 Å². The van der Waals surface area contributed by atoms with Crippen LogP contribution in [-0.4, -0.2) is 28.0 Å². The topological polar surface area (TPSA) is 87.3 Å². The van der Waals surface area contributed by atoms with Crippen molar-refractivity contribution in [2.24, 2.45) is 5.92 Å². The van der Waals surface area contributed by atoms with Crippen LogP contribution >= 0.6 is 46.4 Å². The first-order valence-electron chi connectivity index (χ1n) is 12.4. The van der Waals surface area contributed by atoms with Crippen molar-refractivity contribution in [2.75, 3.05) is 16.0 Å². The summed E-state index contributed by atoms with van der Waals surface area (Å²) in [6.45, 7) is 0.596. The molecule has 0 saturated heterocycles. The number of halogens is 9. The number of rotatable bonds is 9. The molecule has 3 aromatic carbocycles. The van der Waals surface area contributed by atoms with E-state index in [1.807, 2.05) is 5.32 Å². The molecule has 3 N–H and O–H groups in total. The monoisotopic (exact) mass is 681 g/mol. The Bertz CT molecular complexity index is 1620. The number of benzene rings is 3. The molecular weight excluding hydrogens is 663 g/mol. The summed E-state index contributed by atoms with van der Waals surface area (Å²) in [4.78, 5) is 37.9. The van der Waals surface area contributed by atoms with Crippen molar-refractivity contribution in [2.45, 2.75) is 35.9 Å². The number of anilines is 3. The molecule has 3 aromatic rings. The highest BCUT2D eigenvalue weighted by molar-refractivity contribution is 6.53. The highest BCUT2D eigenvalue weighted by Gasteiger charge is 2.67. The Hall–Kier alpha value is -3.12. The minimum atomic E-state index is -3.16. The number of alkyl halides is 4. The fourth-order valence-electron chi connectivity index (χ4n) is 4.26. The standard InChI is InChI=1S/C28H20Cl4F5N3O3/c1-27(36,37)9-8-20(41)40-24-18(34)6-7-19(23(24)35)39-25(42)14-11-13(3-4-15(14)29)38-26(43)22-21(28(22,31)32)12-2-5-17(33)16(30)10-12/h2-7,10-11,21-22H,8-9H2,1H3,(H,38,43)(H,39,42)(H,40,41)/t21-,22+/m0/s1. The molecule has 0 aromatic heterocycles. The van der Waals surface area contributed by atoms with E-state index >= 15 is 4.39 Å². The highest BCUT2D eigenvalue weighted by atomic mass is 35.5. The Morgan fingerprint density at radius 3 is 2.21 bits per heavy atom. The van der Waals surface area contributed by atoms with Gasteiger partial charge in [0.1, 0.15) is 21.7 Å². The summed E-state index contributed by atoms with van der Waals surface area (Å²) in [5.74, 6) is -10.7. The molecule has 0 heterocycles. The lowest BCUT2D eigenvalue weighted by Gasteiger charge is -2.14. The van der Waals surface area contributed by atoms with Gasteiger partial charge in [-0.25, -0.2) is 22.0 Å². The van der Waals surface area contributed by atoms with Crippen LogP contribution in [0.5, 0.6) is 0 Å². The lowest BCUT2D eigenvalue weighted by molar-refractivity contribution is -0.118. The van der Waals surface area contributed by atoms with Crippen molar-refractivity contribution < 1.29 is 36.3 Å². The van der Waals surface area contributed by atoms with E-state index in [0.29, 0.717) is 12.5 Å². The number of hydrogen-bond acceptors (Lipinski definition) is 3. The predicted molar refractivity (Wildman–Crippen MR) is 155 cm³/mol. The Morgan fingerprint density at radius 1 is 0.884 bits per heavy atom. The molecule has 4 rings (SSSR count). The smallest absolute Gasteiger partial charge is 0.257 e. The molecule has 2 atom stereocenters. The minimum absolute atomic E-state index is 0.0896. The summed E-state index contributed by atoms with van der Waals surface area (Å²) in [6, 6.07) is 9.31. The number of hydrogen-bond donors (Lipinski definition) is 3. The average molecular weight is 683 g/mol. The first kappa shape index (κ1) is 32.8. The van der Waals surface area contributed by atoms with Crippen LogP contribution in [0.3, 0.4) is 0 Å². The molecule has 1 aliphatic rings. The van der Waals surface area contributed by atoms with Gasteiger partial charge in [-0.2, -0.15) is 0 Å². The van der Waals surface area contributed by atoms with Gasteiger partial charge in [0.15, 0.2) is 5.82 Å². The van der Waals surface area contributed by atoms with Crippen LogP contribution in [0.25, 0.3) is 0 Å². The van der Waals surface area contributed by atoms with Crippen LogP contribution in [0.1, 0.15) is 41.6 Å². The van der Waals surface area contributed by atoms with Crippen LogP contribution in [0, 0.1) is 23.4 Å². The maximum atomic E-state index is 15.0. The van der Waals surface area contributed by atoms with Crippen molar-refractivity contribution in [3.63, 3.8) is 0 Å². The van der Waals surface area contributed by atoms with Gasteiger partial charge in [-0.15, -0.1) is 23.2 Å². The Labute approximate surface area is 261 Å². The third kappa shape index (κ3) is 7.52. The number of carbonyl (C=O) groups is 3. The van der Waals surface area contributed by atoms with Gasteiger partial charge in [-0.1, -0.05) is 29.3 Å². The Balaban J connectivity index is 1.48. The minimum Gasteiger partial charge on any atom is -0.326 e. The van der Waals surface area contributed by atoms with E-state index in [4.69, 9.17) is 46.4 Å². The zero-order valence-electron chi connectivity index (χ0n) is 21.8. The number of nitrogens with one attached hydrogen (secondary N) is 3. The first-order chi connectivity index (χ1) is 20.0. The fourth-order valence-corrected chi connectivity index (χ4v) is 5.48. The molecule has 1 fully saturated rings. The summed E-state index contributed by atoms with van der Waals surface area (Å²) in [6.07, 6.45) is -1.55. The SMILES string of the molecule is CC(F)(F)CCC(=O)Nc1c(F)ccc(NC(=O)c2cc(NC(=O)[C@H]3[C@H](c4ccc(F)c(Cl)c4)C3(Cl)Cl)ccc2Cl)c1F. The maximum absolute atomic E-state index is 15.0. The molecule has 3 amide bonds. The molecule has 1 saturated carbocycles. The Morgan fingerprint density at radius 2 is 1.56 bits per heavy atom. The first-order valence-corrected chi connectivity index (χ1v) is 13.9. The second-order valence-electron chi connectivity index (χ2n) is 9.84. The maximum Gasteiger partial charge on any atom is 0.257 e. The van der Waals surface area contributed by atoms with Gasteiger partial charge < -0.3 is 16.0 Å². The molecule has 1 aliphatic carbocycles. The molecule has 0 spiro atoms. The molecule has 0 bridgehead atoms. The van der Waals surface area contributed by atoms with E-state index in [0.717, 1.165) is 18.2 Å².